The van der Waals surface area contributed by atoms with Crippen LogP contribution in [0.1, 0.15) is 49.1 Å². The van der Waals surface area contributed by atoms with E-state index in [2.05, 4.69) is 35.2 Å². The standard InChI is InChI=1S/C24H32N2O4/c27-23(28)26-16-24(17-26)14-21(15-30-24)25-9-5-19(6-10-25)22-4-2-1-3-20(22)13-18-7-11-29-12-8-18/h1-4,13,19,21H,5-12,14-17H2,(H,27,28). The molecule has 162 valence electrons. The van der Waals surface area contributed by atoms with Gasteiger partial charge in [0.15, 0.2) is 0 Å². The van der Waals surface area contributed by atoms with Gasteiger partial charge in [-0.2, -0.15) is 0 Å². The summed E-state index contributed by atoms with van der Waals surface area (Å²) >= 11 is 0. The molecule has 1 spiro atoms. The first-order valence-corrected chi connectivity index (χ1v) is 11.3. The molecule has 30 heavy (non-hydrogen) atoms. The number of carbonyl (C=O) groups is 1. The average Bonchev–Trinajstić information content (AvgIpc) is 3.20. The molecule has 1 N–H and O–H groups in total. The molecule has 4 saturated heterocycles. The molecule has 1 atom stereocenters. The van der Waals surface area contributed by atoms with E-state index in [4.69, 9.17) is 14.6 Å². The zero-order valence-electron chi connectivity index (χ0n) is 17.6. The minimum absolute atomic E-state index is 0.220. The highest BCUT2D eigenvalue weighted by Crippen LogP contribution is 2.39. The smallest absolute Gasteiger partial charge is 0.407 e. The van der Waals surface area contributed by atoms with Gasteiger partial charge >= 0.3 is 6.09 Å². The third-order valence-electron chi connectivity index (χ3n) is 7.39. The van der Waals surface area contributed by atoms with Gasteiger partial charge in [-0.05, 0) is 62.2 Å². The zero-order valence-corrected chi connectivity index (χ0v) is 17.6. The molecule has 1 unspecified atom stereocenters. The lowest BCUT2D eigenvalue weighted by molar-refractivity contribution is -0.0982. The largest absolute Gasteiger partial charge is 0.465 e. The summed E-state index contributed by atoms with van der Waals surface area (Å²) in [7, 11) is 0. The van der Waals surface area contributed by atoms with E-state index in [1.807, 2.05) is 0 Å². The third kappa shape index (κ3) is 4.01. The van der Waals surface area contributed by atoms with Crippen LogP contribution in [0.2, 0.25) is 0 Å². The fraction of sp³-hybridized carbons (Fsp3) is 0.625. The number of hydrogen-bond donors (Lipinski definition) is 1. The first-order chi connectivity index (χ1) is 14.6. The predicted molar refractivity (Wildman–Crippen MR) is 115 cm³/mol. The van der Waals surface area contributed by atoms with Crippen molar-refractivity contribution in [1.29, 1.82) is 0 Å². The first-order valence-electron chi connectivity index (χ1n) is 11.3. The summed E-state index contributed by atoms with van der Waals surface area (Å²) in [5.41, 5.74) is 4.17. The van der Waals surface area contributed by atoms with Gasteiger partial charge in [0, 0.05) is 6.04 Å². The highest BCUT2D eigenvalue weighted by molar-refractivity contribution is 5.66. The maximum absolute atomic E-state index is 11.1. The molecule has 0 saturated carbocycles. The molecular formula is C24H32N2O4. The molecule has 5 rings (SSSR count). The summed E-state index contributed by atoms with van der Waals surface area (Å²) in [4.78, 5) is 15.1. The molecular weight excluding hydrogens is 380 g/mol. The SMILES string of the molecule is O=C(O)N1CC2(CC(N3CCC(c4ccccc4C=C4CCOCC4)CC3)CO2)C1. The Morgan fingerprint density at radius 1 is 1.13 bits per heavy atom. The van der Waals surface area contributed by atoms with Gasteiger partial charge in [-0.25, -0.2) is 4.79 Å². The Kier molecular flexibility index (Phi) is 5.56. The van der Waals surface area contributed by atoms with Gasteiger partial charge in [0.05, 0.1) is 32.9 Å². The molecule has 0 radical (unpaired) electrons. The van der Waals surface area contributed by atoms with Crippen LogP contribution in [0.15, 0.2) is 29.8 Å². The Morgan fingerprint density at radius 2 is 1.87 bits per heavy atom. The normalized spacial score (nSPS) is 27.3. The van der Waals surface area contributed by atoms with Crippen LogP contribution in [0.25, 0.3) is 6.08 Å². The Morgan fingerprint density at radius 3 is 2.60 bits per heavy atom. The lowest BCUT2D eigenvalue weighted by Gasteiger charge is -2.45. The number of rotatable bonds is 3. The van der Waals surface area contributed by atoms with Crippen molar-refractivity contribution in [3.8, 4) is 0 Å². The van der Waals surface area contributed by atoms with Crippen LogP contribution < -0.4 is 0 Å². The molecule has 6 heteroatoms. The van der Waals surface area contributed by atoms with Crippen LogP contribution in [0, 0.1) is 0 Å². The van der Waals surface area contributed by atoms with Gasteiger partial charge in [-0.1, -0.05) is 35.9 Å². The molecule has 4 fully saturated rings. The lowest BCUT2D eigenvalue weighted by atomic mass is 9.84. The molecule has 4 aliphatic rings. The minimum Gasteiger partial charge on any atom is -0.465 e. The molecule has 4 heterocycles. The molecule has 0 bridgehead atoms. The molecule has 1 amide bonds. The fourth-order valence-electron chi connectivity index (χ4n) is 5.65. The predicted octanol–water partition coefficient (Wildman–Crippen LogP) is 3.58. The van der Waals surface area contributed by atoms with E-state index in [9.17, 15) is 4.79 Å². The summed E-state index contributed by atoms with van der Waals surface area (Å²) in [6, 6.07) is 9.34. The van der Waals surface area contributed by atoms with Crippen LogP contribution >= 0.6 is 0 Å². The van der Waals surface area contributed by atoms with Gasteiger partial charge in [-0.3, -0.25) is 4.90 Å². The van der Waals surface area contributed by atoms with Crippen LogP contribution in [0.5, 0.6) is 0 Å². The van der Waals surface area contributed by atoms with E-state index in [-0.39, 0.29) is 5.60 Å². The van der Waals surface area contributed by atoms with Crippen molar-refractivity contribution in [3.05, 3.63) is 41.0 Å². The maximum atomic E-state index is 11.1. The summed E-state index contributed by atoms with van der Waals surface area (Å²) in [6.45, 7) is 5.68. The zero-order chi connectivity index (χ0) is 20.6. The summed E-state index contributed by atoms with van der Waals surface area (Å²) in [6.07, 6.45) is 6.99. The fourth-order valence-corrected chi connectivity index (χ4v) is 5.65. The van der Waals surface area contributed by atoms with Crippen LogP contribution in [-0.2, 0) is 9.47 Å². The second kappa shape index (κ2) is 8.33. The van der Waals surface area contributed by atoms with E-state index in [1.165, 1.54) is 34.4 Å². The Hall–Kier alpha value is -1.89. The van der Waals surface area contributed by atoms with E-state index in [1.54, 1.807) is 0 Å². The second-order valence-corrected chi connectivity index (χ2v) is 9.34. The molecule has 1 aromatic rings. The highest BCUT2D eigenvalue weighted by Gasteiger charge is 2.52. The monoisotopic (exact) mass is 412 g/mol. The second-order valence-electron chi connectivity index (χ2n) is 9.34. The van der Waals surface area contributed by atoms with Gasteiger partial charge in [0.2, 0.25) is 0 Å². The van der Waals surface area contributed by atoms with Gasteiger partial charge in [0.1, 0.15) is 5.60 Å². The topological polar surface area (TPSA) is 62.2 Å². The van der Waals surface area contributed by atoms with Gasteiger partial charge in [0.25, 0.3) is 0 Å². The number of amides is 1. The van der Waals surface area contributed by atoms with E-state index >= 15 is 0 Å². The molecule has 6 nitrogen and oxygen atoms in total. The van der Waals surface area contributed by atoms with Crippen LogP contribution in [0.4, 0.5) is 4.79 Å². The van der Waals surface area contributed by atoms with Crippen molar-refractivity contribution in [1.82, 2.24) is 9.80 Å². The average molecular weight is 413 g/mol. The number of likely N-dealkylation sites (tertiary alicyclic amines) is 2. The first kappa shape index (κ1) is 20.0. The number of piperidine rings is 1. The molecule has 4 aliphatic heterocycles. The lowest BCUT2D eigenvalue weighted by Crippen LogP contribution is -2.63. The Balaban J connectivity index is 1.19. The van der Waals surface area contributed by atoms with E-state index in [0.717, 1.165) is 52.2 Å². The van der Waals surface area contributed by atoms with Crippen molar-refractivity contribution in [2.24, 2.45) is 0 Å². The van der Waals surface area contributed by atoms with Crippen molar-refractivity contribution in [3.63, 3.8) is 0 Å². The quantitative estimate of drug-likeness (QED) is 0.822. The number of ether oxygens (including phenoxy) is 2. The number of hydrogen-bond acceptors (Lipinski definition) is 4. The van der Waals surface area contributed by atoms with Crippen molar-refractivity contribution in [2.45, 2.75) is 49.7 Å². The van der Waals surface area contributed by atoms with E-state index < -0.39 is 6.09 Å². The Bertz CT molecular complexity index is 801. The van der Waals surface area contributed by atoms with Crippen LogP contribution in [0.3, 0.4) is 0 Å². The van der Waals surface area contributed by atoms with Gasteiger partial charge in [-0.15, -0.1) is 0 Å². The van der Waals surface area contributed by atoms with Gasteiger partial charge < -0.3 is 19.5 Å². The molecule has 0 aliphatic carbocycles. The van der Waals surface area contributed by atoms with Crippen molar-refractivity contribution < 1.29 is 19.4 Å². The van der Waals surface area contributed by atoms with Crippen molar-refractivity contribution >= 4 is 12.2 Å². The number of carboxylic acid groups (broad SMARTS) is 1. The number of benzene rings is 1. The summed E-state index contributed by atoms with van der Waals surface area (Å²) in [5, 5.41) is 9.10. The van der Waals surface area contributed by atoms with Crippen molar-refractivity contribution in [2.75, 3.05) is 46.0 Å². The summed E-state index contributed by atoms with van der Waals surface area (Å²) < 4.78 is 11.6. The molecule has 0 aromatic heterocycles. The maximum Gasteiger partial charge on any atom is 0.407 e. The Labute approximate surface area is 178 Å². The molecule has 1 aromatic carbocycles. The summed E-state index contributed by atoms with van der Waals surface area (Å²) in [5.74, 6) is 0.608. The van der Waals surface area contributed by atoms with Crippen LogP contribution in [-0.4, -0.2) is 78.6 Å². The third-order valence-corrected chi connectivity index (χ3v) is 7.39. The highest BCUT2D eigenvalue weighted by atomic mass is 16.5. The number of nitrogens with zero attached hydrogens (tertiary/aromatic N) is 2. The minimum atomic E-state index is -0.831. The van der Waals surface area contributed by atoms with E-state index in [0.29, 0.717) is 25.0 Å².